The van der Waals surface area contributed by atoms with Gasteiger partial charge in [0, 0.05) is 159 Å². The number of H-pyrrole nitrogens is 2. The van der Waals surface area contributed by atoms with E-state index in [4.69, 9.17) is 0 Å². The predicted octanol–water partition coefficient (Wildman–Crippen LogP) is -3.00. The van der Waals surface area contributed by atoms with Gasteiger partial charge in [-0.15, -0.1) is 0 Å². The van der Waals surface area contributed by atoms with Crippen LogP contribution in [0.1, 0.15) is 104 Å². The van der Waals surface area contributed by atoms with E-state index in [0.29, 0.717) is 45.3 Å². The van der Waals surface area contributed by atoms with Crippen LogP contribution in [-0.4, -0.2) is 332 Å². The summed E-state index contributed by atoms with van der Waals surface area (Å²) in [4.78, 5) is 211. The van der Waals surface area contributed by atoms with Crippen molar-refractivity contribution in [2.45, 2.75) is 153 Å². The molecule has 21 N–H and O–H groups in total. The van der Waals surface area contributed by atoms with Crippen molar-refractivity contribution in [3.63, 3.8) is 0 Å². The summed E-state index contributed by atoms with van der Waals surface area (Å²) in [5.41, 5.74) is 1.83. The number of nitrogens with one attached hydrogen (secondary N) is 13. The maximum absolute atomic E-state index is 14.9. The van der Waals surface area contributed by atoms with Crippen LogP contribution in [0.5, 0.6) is 0 Å². The summed E-state index contributed by atoms with van der Waals surface area (Å²) >= 11 is 0. The number of aromatic amines is 2. The minimum Gasteiger partial charge on any atom is -0.480 e. The number of carboxylic acids is 4. The van der Waals surface area contributed by atoms with E-state index in [9.17, 15) is 133 Å². The van der Waals surface area contributed by atoms with E-state index in [1.165, 1.54) is 73.3 Å². The predicted molar refractivity (Wildman–Crippen MR) is 500 cm³/mol. The number of hydrogen-bond acceptors (Lipinski definition) is 31. The summed E-state index contributed by atoms with van der Waals surface area (Å²) < 4.78 is 98.5. The molecule has 754 valence electrons. The van der Waals surface area contributed by atoms with E-state index in [2.05, 4.69) is 77.2 Å². The van der Waals surface area contributed by atoms with Crippen LogP contribution in [0.15, 0.2) is 117 Å². The number of amides is 7. The fourth-order valence-corrected chi connectivity index (χ4v) is 19.9. The molecular weight excluding hydrogens is 1880 g/mol. The number of carboxylic acid groups (broad SMARTS) is 4. The Hall–Kier alpha value is -13.4. The topological polar surface area (TPSA) is 716 Å². The van der Waals surface area contributed by atoms with Crippen LogP contribution in [-0.2, 0) is 104 Å². The highest BCUT2D eigenvalue weighted by atomic mass is 32.2. The number of Topliss-reactive ketones (excluding diaryl/α,β-unsaturated/α-hetero) is 1. The Labute approximate surface area is 796 Å². The highest BCUT2D eigenvalue weighted by Crippen LogP contribution is 2.26. The van der Waals surface area contributed by atoms with Crippen LogP contribution in [0.2, 0.25) is 0 Å². The van der Waals surface area contributed by atoms with E-state index in [1.807, 2.05) is 0 Å². The summed E-state index contributed by atoms with van der Waals surface area (Å²) in [7, 11) is -14.2. The van der Waals surface area contributed by atoms with Gasteiger partial charge in [-0.2, -0.15) is 17.9 Å². The number of sulfonamides is 2. The number of aliphatic carboxylic acids is 4. The number of imidazole rings is 2. The van der Waals surface area contributed by atoms with Crippen LogP contribution in [0, 0.1) is 41.5 Å². The lowest BCUT2D eigenvalue weighted by Crippen LogP contribution is -2.57. The van der Waals surface area contributed by atoms with Gasteiger partial charge in [-0.05, 0) is 125 Å². The van der Waals surface area contributed by atoms with Crippen molar-refractivity contribution in [3.05, 3.63) is 174 Å². The molecule has 0 bridgehead atoms. The van der Waals surface area contributed by atoms with E-state index < -0.39 is 230 Å². The summed E-state index contributed by atoms with van der Waals surface area (Å²) in [5, 5.41) is 93.4. The van der Waals surface area contributed by atoms with Gasteiger partial charge in [0.05, 0.1) is 59.5 Å². The molecule has 139 heavy (non-hydrogen) atoms. The normalized spacial score (nSPS) is 14.6. The third-order valence-corrected chi connectivity index (χ3v) is 26.6. The Bertz CT molecular complexity index is 6270. The number of pyridine rings is 2. The smallest absolute Gasteiger partial charge is 0.323 e. The fourth-order valence-electron chi connectivity index (χ4n) is 15.9. The SMILES string of the molecule is CC(=O)[C@H](CNC(=O)c1cn(CCCNC(=O)[C@H](CS(=O)(=O)O)NC(=O)[C@H](CCC(=O)N[C@@H](CC(O)(O)O)C(=O)NCCCn2cc(C(=O)NC[C@H](NS(=O)(=O)c3c(C)cc(C)cc3C)C(=O)O)c(=O)c3ccc(CNc4ncc[nH]4)cc32)NC(=O)CN2CCN(CC(=O)O)CCN(CC(=O)O)CCN(CC(=O)O)CC2)c2cc(CNc3ncc[nH]3)ccc2c1=O)NS(=O)(=O)c1c(C)cc(C)cc1C. The molecule has 4 aromatic heterocycles. The molecule has 1 fully saturated rings. The van der Waals surface area contributed by atoms with Crippen molar-refractivity contribution >= 4 is 135 Å². The third kappa shape index (κ3) is 33.2. The van der Waals surface area contributed by atoms with E-state index in [-0.39, 0.29) is 130 Å². The Morgan fingerprint density at radius 3 is 1.24 bits per heavy atom. The molecule has 5 heterocycles. The molecule has 1 saturated heterocycles. The third-order valence-electron chi connectivity index (χ3n) is 22.3. The standard InChI is InChI=1S/C87H115N21O28S3/c1-50-32-52(3)77(53(4)33-50)138(133,134)101-65(56(7)109)41-94-79(120)61-43-108(68-36-57(10-12-59(68)75(61)118)39-96-85-90-18-19-91-85)23-9-17-89-82(123)67(49-137(130,131)132)100-83(124)63(98-71(111)45-103-24-26-104(46-72(112)113)28-30-106(48-74(116)117)31-29-105(27-25-103)47-73(114)115)14-15-70(110)99-64(38-87(127,128)129)81(122)88-16-8-22-107-44-62(76(119)60-13-11-58(37-69(60)107)40-97-86-92-20-21-93-86)80(121)95-42-66(84(125)126)102-139(135,136)78-54(5)34-51(2)35-55(78)6/h10-13,18-21,32-37,43-44,63-67,101-102,127-129H,8-9,14-17,22-31,38-42,45-49H2,1-7H3,(H,88,122)(H,89,123)(H,94,120)(H,95,121)(H,98,111)(H,99,110)(H,100,124)(H,112,113)(H,114,115)(H,116,117)(H,125,126)(H2,90,91,96)(H2,92,93,97)(H,130,131,132)/t63-,64-,65-,66-,67-/m0/s1. The number of carbonyl (C=O) groups is 12. The lowest BCUT2D eigenvalue weighted by Gasteiger charge is -2.33. The van der Waals surface area contributed by atoms with Gasteiger partial charge in [-0.1, -0.05) is 47.5 Å². The molecule has 0 aliphatic carbocycles. The van der Waals surface area contributed by atoms with Gasteiger partial charge in [0.15, 0.2) is 11.9 Å². The molecule has 1 aliphatic rings. The van der Waals surface area contributed by atoms with Gasteiger partial charge in [-0.25, -0.2) is 26.8 Å². The molecule has 0 unspecified atom stereocenters. The van der Waals surface area contributed by atoms with E-state index >= 15 is 0 Å². The number of nitrogens with zero attached hydrogens (tertiary/aromatic N) is 8. The molecular formula is C87H115N21O28S3. The Balaban J connectivity index is 0.949. The quantitative estimate of drug-likeness (QED) is 0.0103. The lowest BCUT2D eigenvalue weighted by atomic mass is 10.1. The molecule has 9 rings (SSSR count). The van der Waals surface area contributed by atoms with Gasteiger partial charge in [0.25, 0.3) is 27.9 Å². The minimum atomic E-state index is -5.28. The first kappa shape index (κ1) is 109. The largest absolute Gasteiger partial charge is 0.480 e. The molecule has 4 aromatic carbocycles. The van der Waals surface area contributed by atoms with E-state index in [1.54, 1.807) is 88.6 Å². The maximum Gasteiger partial charge on any atom is 0.323 e. The number of anilines is 2. The second kappa shape index (κ2) is 49.3. The van der Waals surface area contributed by atoms with Crippen LogP contribution in [0.3, 0.4) is 0 Å². The van der Waals surface area contributed by atoms with Gasteiger partial charge in [0.2, 0.25) is 60.4 Å². The maximum atomic E-state index is 14.9. The van der Waals surface area contributed by atoms with Crippen molar-refractivity contribution in [1.82, 2.24) is 95.3 Å². The Kier molecular flexibility index (Phi) is 38.7. The molecule has 0 spiro atoms. The van der Waals surface area contributed by atoms with Gasteiger partial charge < -0.3 is 103 Å². The summed E-state index contributed by atoms with van der Waals surface area (Å²) in [6.45, 7) is 5.48. The van der Waals surface area contributed by atoms with Crippen molar-refractivity contribution in [2.24, 2.45) is 0 Å². The number of aliphatic hydroxyl groups is 3. The fraction of sp³-hybridized carbons (Fsp3) is 0.448. The minimum absolute atomic E-state index is 0.00450. The molecule has 1 aliphatic heterocycles. The second-order valence-electron chi connectivity index (χ2n) is 33.7. The number of fused-ring (bicyclic) bond motifs is 2. The zero-order valence-electron chi connectivity index (χ0n) is 77.1. The first-order valence-corrected chi connectivity index (χ1v) is 48.4. The second-order valence-corrected chi connectivity index (χ2v) is 38.5. The van der Waals surface area contributed by atoms with Gasteiger partial charge in [0.1, 0.15) is 46.8 Å². The van der Waals surface area contributed by atoms with Gasteiger partial charge in [-0.3, -0.25) is 91.3 Å². The zero-order chi connectivity index (χ0) is 102. The van der Waals surface area contributed by atoms with Crippen molar-refractivity contribution in [2.75, 3.05) is 121 Å². The molecule has 52 heteroatoms. The summed E-state index contributed by atoms with van der Waals surface area (Å²) in [5.74, 6) is -19.1. The van der Waals surface area contributed by atoms with Crippen molar-refractivity contribution in [1.29, 1.82) is 0 Å². The first-order chi connectivity index (χ1) is 65.4. The molecule has 5 atom stereocenters. The van der Waals surface area contributed by atoms with Gasteiger partial charge >= 0.3 is 23.9 Å². The summed E-state index contributed by atoms with van der Waals surface area (Å²) in [6, 6.07) is 5.77. The Morgan fingerprint density at radius 2 is 0.863 bits per heavy atom. The van der Waals surface area contributed by atoms with Crippen LogP contribution in [0.25, 0.3) is 21.8 Å². The number of aromatic nitrogens is 6. The van der Waals surface area contributed by atoms with Crippen LogP contribution >= 0.6 is 0 Å². The number of carbonyl (C=O) groups excluding carboxylic acids is 8. The zero-order valence-corrected chi connectivity index (χ0v) is 79.5. The molecule has 0 saturated carbocycles. The lowest BCUT2D eigenvalue weighted by molar-refractivity contribution is -0.316. The highest BCUT2D eigenvalue weighted by Gasteiger charge is 2.37. The van der Waals surface area contributed by atoms with E-state index in [0.717, 1.165) is 24.2 Å². The number of rotatable bonds is 49. The highest BCUT2D eigenvalue weighted by molar-refractivity contribution is 7.90. The molecule has 7 amide bonds. The monoisotopic (exact) mass is 2000 g/mol. The van der Waals surface area contributed by atoms with Crippen molar-refractivity contribution < 1.29 is 123 Å². The van der Waals surface area contributed by atoms with Crippen molar-refractivity contribution in [3.8, 4) is 0 Å². The van der Waals surface area contributed by atoms with Crippen LogP contribution in [0.4, 0.5) is 11.9 Å². The molecule has 8 aromatic rings. The Morgan fingerprint density at radius 1 is 0.475 bits per heavy atom. The number of ketones is 1. The average Bonchev–Trinajstić information content (AvgIpc) is 1.24. The number of benzene rings is 4. The molecule has 49 nitrogen and oxygen atoms in total. The molecule has 0 radical (unpaired) electrons. The first-order valence-electron chi connectivity index (χ1n) is 43.8. The van der Waals surface area contributed by atoms with Crippen LogP contribution < -0.4 is 68.2 Å². The summed E-state index contributed by atoms with van der Waals surface area (Å²) in [6.07, 6.45) is 5.00. The average molecular weight is 2000 g/mol. The number of aryl methyl sites for hydroxylation is 8. The number of hydrogen-bond donors (Lipinski definition) is 21.